The van der Waals surface area contributed by atoms with Crippen LogP contribution in [0.4, 0.5) is 0 Å². The summed E-state index contributed by atoms with van der Waals surface area (Å²) in [5, 5.41) is 5.62. The summed E-state index contributed by atoms with van der Waals surface area (Å²) in [6.07, 6.45) is 10.6. The van der Waals surface area contributed by atoms with Crippen LogP contribution in [0.15, 0.2) is 67.9 Å². The Labute approximate surface area is 163 Å². The minimum atomic E-state index is 0.0886. The Hall–Kier alpha value is -3.25. The van der Waals surface area contributed by atoms with Crippen LogP contribution in [0, 0.1) is 0 Å². The lowest BCUT2D eigenvalue weighted by Gasteiger charge is -2.35. The molecule has 0 bridgehead atoms. The van der Waals surface area contributed by atoms with Crippen LogP contribution in [0.3, 0.4) is 0 Å². The van der Waals surface area contributed by atoms with Crippen LogP contribution in [0.2, 0.25) is 0 Å². The number of para-hydroxylation sites is 1. The van der Waals surface area contributed by atoms with E-state index < -0.39 is 0 Å². The van der Waals surface area contributed by atoms with Gasteiger partial charge in [-0.05, 0) is 17.7 Å². The number of rotatable bonds is 5. The number of benzene rings is 1. The van der Waals surface area contributed by atoms with E-state index in [0.717, 1.165) is 37.3 Å². The summed E-state index contributed by atoms with van der Waals surface area (Å²) in [7, 11) is 0. The van der Waals surface area contributed by atoms with Crippen molar-refractivity contribution in [1.82, 2.24) is 29.6 Å². The Morgan fingerprint density at radius 2 is 2.14 bits per heavy atom. The Morgan fingerprint density at radius 3 is 3.07 bits per heavy atom. The predicted octanol–water partition coefficient (Wildman–Crippen LogP) is 3.49. The standard InChI is InChI=1S/C22H22N6/c1-2-10-28-14-16(12-26-28)13-27-11-8-20-21(25-15-24-20)22(27)18-7-9-23-19-6-4-3-5-17(18)19/h2-7,9,12,14-15,22H,1,8,10-11,13H2,(H,24,25)/t22-/m1/s1. The number of hydrogen-bond donors (Lipinski definition) is 1. The molecule has 6 nitrogen and oxygen atoms in total. The van der Waals surface area contributed by atoms with Crippen molar-refractivity contribution in [2.24, 2.45) is 0 Å². The molecule has 6 heteroatoms. The zero-order chi connectivity index (χ0) is 18.9. The van der Waals surface area contributed by atoms with E-state index >= 15 is 0 Å². The fraction of sp³-hybridized carbons (Fsp3) is 0.227. The molecular formula is C22H22N6. The van der Waals surface area contributed by atoms with Crippen molar-refractivity contribution in [3.63, 3.8) is 0 Å². The van der Waals surface area contributed by atoms with E-state index in [2.05, 4.69) is 57.0 Å². The molecule has 3 aromatic heterocycles. The van der Waals surface area contributed by atoms with Crippen molar-refractivity contribution in [2.45, 2.75) is 25.6 Å². The third-order valence-electron chi connectivity index (χ3n) is 5.39. The second-order valence-electron chi connectivity index (χ2n) is 7.17. The summed E-state index contributed by atoms with van der Waals surface area (Å²) in [6, 6.07) is 10.5. The Morgan fingerprint density at radius 1 is 1.21 bits per heavy atom. The quantitative estimate of drug-likeness (QED) is 0.546. The fourth-order valence-corrected chi connectivity index (χ4v) is 4.15. The molecular weight excluding hydrogens is 348 g/mol. The van der Waals surface area contributed by atoms with Gasteiger partial charge in [0.15, 0.2) is 0 Å². The molecule has 0 amide bonds. The number of nitrogens with zero attached hydrogens (tertiary/aromatic N) is 5. The number of aromatic nitrogens is 5. The van der Waals surface area contributed by atoms with E-state index in [1.165, 1.54) is 22.2 Å². The number of nitrogens with one attached hydrogen (secondary N) is 1. The van der Waals surface area contributed by atoms with Gasteiger partial charge in [-0.25, -0.2) is 4.98 Å². The van der Waals surface area contributed by atoms with Crippen LogP contribution in [0.5, 0.6) is 0 Å². The first kappa shape index (κ1) is 16.9. The number of aromatic amines is 1. The molecule has 1 aliphatic heterocycles. The molecule has 1 aromatic carbocycles. The maximum atomic E-state index is 4.70. The minimum Gasteiger partial charge on any atom is -0.348 e. The number of pyridine rings is 1. The van der Waals surface area contributed by atoms with Gasteiger partial charge in [0.2, 0.25) is 0 Å². The highest BCUT2D eigenvalue weighted by atomic mass is 15.3. The van der Waals surface area contributed by atoms with Crippen molar-refractivity contribution in [2.75, 3.05) is 6.54 Å². The molecule has 0 spiro atoms. The van der Waals surface area contributed by atoms with Crippen LogP contribution in [0.1, 0.15) is 28.6 Å². The molecule has 0 fully saturated rings. The average molecular weight is 370 g/mol. The van der Waals surface area contributed by atoms with Gasteiger partial charge in [0.05, 0.1) is 36.3 Å². The number of imidazole rings is 1. The highest BCUT2D eigenvalue weighted by Gasteiger charge is 2.32. The van der Waals surface area contributed by atoms with E-state index in [9.17, 15) is 0 Å². The monoisotopic (exact) mass is 370 g/mol. The van der Waals surface area contributed by atoms with Gasteiger partial charge >= 0.3 is 0 Å². The van der Waals surface area contributed by atoms with Crippen molar-refractivity contribution >= 4 is 10.9 Å². The van der Waals surface area contributed by atoms with Gasteiger partial charge in [0.25, 0.3) is 0 Å². The summed E-state index contributed by atoms with van der Waals surface area (Å²) >= 11 is 0. The van der Waals surface area contributed by atoms with E-state index in [4.69, 9.17) is 4.98 Å². The lowest BCUT2D eigenvalue weighted by molar-refractivity contribution is 0.201. The maximum Gasteiger partial charge on any atom is 0.0926 e. The average Bonchev–Trinajstić information content (AvgIpc) is 3.37. The van der Waals surface area contributed by atoms with Crippen LogP contribution < -0.4 is 0 Å². The first-order valence-electron chi connectivity index (χ1n) is 9.55. The first-order valence-corrected chi connectivity index (χ1v) is 9.55. The van der Waals surface area contributed by atoms with E-state index in [1.807, 2.05) is 35.5 Å². The SMILES string of the molecule is C=CCn1cc(CN2CCc3[nH]cnc3[C@H]2c2ccnc3ccccc23)cn1. The summed E-state index contributed by atoms with van der Waals surface area (Å²) in [4.78, 5) is 15.1. The highest BCUT2D eigenvalue weighted by molar-refractivity contribution is 5.82. The van der Waals surface area contributed by atoms with Gasteiger partial charge in [-0.3, -0.25) is 14.6 Å². The van der Waals surface area contributed by atoms with Crippen molar-refractivity contribution in [3.8, 4) is 0 Å². The normalized spacial score (nSPS) is 16.9. The zero-order valence-corrected chi connectivity index (χ0v) is 15.6. The van der Waals surface area contributed by atoms with Gasteiger partial charge < -0.3 is 4.98 Å². The summed E-state index contributed by atoms with van der Waals surface area (Å²) in [5.41, 5.74) is 5.80. The smallest absolute Gasteiger partial charge is 0.0926 e. The topological polar surface area (TPSA) is 62.6 Å². The van der Waals surface area contributed by atoms with E-state index in [1.54, 1.807) is 0 Å². The Kier molecular flexibility index (Phi) is 4.25. The summed E-state index contributed by atoms with van der Waals surface area (Å²) < 4.78 is 1.92. The van der Waals surface area contributed by atoms with Gasteiger partial charge in [0.1, 0.15) is 0 Å². The number of hydrogen-bond acceptors (Lipinski definition) is 4. The van der Waals surface area contributed by atoms with Gasteiger partial charge in [-0.2, -0.15) is 5.10 Å². The molecule has 0 unspecified atom stereocenters. The zero-order valence-electron chi connectivity index (χ0n) is 15.6. The molecule has 0 saturated carbocycles. The second-order valence-corrected chi connectivity index (χ2v) is 7.17. The number of fused-ring (bicyclic) bond motifs is 2. The Bertz CT molecular complexity index is 1120. The molecule has 140 valence electrons. The number of allylic oxidation sites excluding steroid dienone is 1. The van der Waals surface area contributed by atoms with E-state index in [0.29, 0.717) is 0 Å². The van der Waals surface area contributed by atoms with Gasteiger partial charge in [0, 0.05) is 48.5 Å². The molecule has 1 N–H and O–H groups in total. The van der Waals surface area contributed by atoms with Crippen LogP contribution in [0.25, 0.3) is 10.9 Å². The van der Waals surface area contributed by atoms with Crippen molar-refractivity contribution < 1.29 is 0 Å². The molecule has 4 heterocycles. The fourth-order valence-electron chi connectivity index (χ4n) is 4.15. The molecule has 0 aliphatic carbocycles. The molecule has 5 rings (SSSR count). The highest BCUT2D eigenvalue weighted by Crippen LogP contribution is 2.37. The van der Waals surface area contributed by atoms with Gasteiger partial charge in [-0.1, -0.05) is 24.3 Å². The lowest BCUT2D eigenvalue weighted by Crippen LogP contribution is -2.36. The maximum absolute atomic E-state index is 4.70. The summed E-state index contributed by atoms with van der Waals surface area (Å²) in [6.45, 7) is 6.30. The van der Waals surface area contributed by atoms with Crippen molar-refractivity contribution in [1.29, 1.82) is 0 Å². The molecule has 0 radical (unpaired) electrons. The molecule has 0 saturated heterocycles. The third kappa shape index (κ3) is 2.92. The largest absolute Gasteiger partial charge is 0.348 e. The summed E-state index contributed by atoms with van der Waals surface area (Å²) in [5.74, 6) is 0. The second kappa shape index (κ2) is 7.05. The van der Waals surface area contributed by atoms with Crippen LogP contribution in [-0.4, -0.2) is 36.2 Å². The molecule has 1 aliphatic rings. The van der Waals surface area contributed by atoms with Gasteiger partial charge in [-0.15, -0.1) is 6.58 Å². The molecule has 1 atom stereocenters. The Balaban J connectivity index is 1.57. The molecule has 28 heavy (non-hydrogen) atoms. The van der Waals surface area contributed by atoms with E-state index in [-0.39, 0.29) is 6.04 Å². The first-order chi connectivity index (χ1) is 13.8. The predicted molar refractivity (Wildman–Crippen MR) is 109 cm³/mol. The lowest BCUT2D eigenvalue weighted by atomic mass is 9.93. The molecule has 4 aromatic rings. The van der Waals surface area contributed by atoms with Crippen LogP contribution >= 0.6 is 0 Å². The van der Waals surface area contributed by atoms with Crippen molar-refractivity contribution in [3.05, 3.63) is 90.4 Å². The van der Waals surface area contributed by atoms with Crippen LogP contribution in [-0.2, 0) is 19.5 Å². The minimum absolute atomic E-state index is 0.0886. The number of H-pyrrole nitrogens is 1. The third-order valence-corrected chi connectivity index (χ3v) is 5.39.